The molecule has 20 heavy (non-hydrogen) atoms. The summed E-state index contributed by atoms with van der Waals surface area (Å²) in [5.41, 5.74) is 3.27. The third-order valence-corrected chi connectivity index (χ3v) is 2.79. The van der Waals surface area contributed by atoms with Crippen LogP contribution in [0.2, 0.25) is 0 Å². The van der Waals surface area contributed by atoms with Crippen LogP contribution in [0.3, 0.4) is 0 Å². The second kappa shape index (κ2) is 7.01. The van der Waals surface area contributed by atoms with Crippen molar-refractivity contribution < 1.29 is 4.74 Å². The molecule has 0 atom stereocenters. The van der Waals surface area contributed by atoms with E-state index in [0.717, 1.165) is 17.8 Å². The van der Waals surface area contributed by atoms with Crippen molar-refractivity contribution in [3.63, 3.8) is 0 Å². The van der Waals surface area contributed by atoms with Gasteiger partial charge in [-0.05, 0) is 38.5 Å². The van der Waals surface area contributed by atoms with Gasteiger partial charge in [0.05, 0.1) is 11.8 Å². The summed E-state index contributed by atoms with van der Waals surface area (Å²) in [6.07, 6.45) is 3.76. The van der Waals surface area contributed by atoms with Crippen molar-refractivity contribution in [1.82, 2.24) is 15.3 Å². The minimum atomic E-state index is 0.127. The van der Waals surface area contributed by atoms with E-state index >= 15 is 0 Å². The Morgan fingerprint density at radius 1 is 1.15 bits per heavy atom. The highest BCUT2D eigenvalue weighted by Gasteiger charge is 2.06. The lowest BCUT2D eigenvalue weighted by atomic mass is 10.2. The summed E-state index contributed by atoms with van der Waals surface area (Å²) in [6, 6.07) is 8.06. The van der Waals surface area contributed by atoms with E-state index in [2.05, 4.69) is 21.4 Å². The molecule has 4 nitrogen and oxygen atoms in total. The molecular weight excluding hydrogens is 250 g/mol. The lowest BCUT2D eigenvalue weighted by Gasteiger charge is -2.13. The Labute approximate surface area is 120 Å². The van der Waals surface area contributed by atoms with Gasteiger partial charge in [0, 0.05) is 31.0 Å². The van der Waals surface area contributed by atoms with Crippen molar-refractivity contribution in [3.05, 3.63) is 53.5 Å². The predicted molar refractivity (Wildman–Crippen MR) is 79.5 cm³/mol. The Bertz CT molecular complexity index is 538. The zero-order chi connectivity index (χ0) is 14.4. The van der Waals surface area contributed by atoms with Gasteiger partial charge in [-0.15, -0.1) is 0 Å². The number of nitrogens with zero attached hydrogens (tertiary/aromatic N) is 2. The molecule has 0 saturated carbocycles. The summed E-state index contributed by atoms with van der Waals surface area (Å²) in [7, 11) is 0. The van der Waals surface area contributed by atoms with Crippen LogP contribution in [-0.4, -0.2) is 16.1 Å². The van der Waals surface area contributed by atoms with E-state index in [9.17, 15) is 0 Å². The quantitative estimate of drug-likeness (QED) is 0.877. The van der Waals surface area contributed by atoms with E-state index in [1.807, 2.05) is 45.2 Å². The molecule has 2 rings (SSSR count). The Morgan fingerprint density at radius 2 is 2.00 bits per heavy atom. The van der Waals surface area contributed by atoms with Gasteiger partial charge in [0.15, 0.2) is 0 Å². The van der Waals surface area contributed by atoms with Crippen molar-refractivity contribution >= 4 is 0 Å². The molecule has 1 N–H and O–H groups in total. The molecule has 0 aliphatic heterocycles. The Hall–Kier alpha value is -1.94. The second-order valence-electron chi connectivity index (χ2n) is 5.06. The average molecular weight is 271 g/mol. The Balaban J connectivity index is 1.92. The highest BCUT2D eigenvalue weighted by Crippen LogP contribution is 2.15. The molecule has 0 aliphatic rings. The smallest absolute Gasteiger partial charge is 0.218 e. The average Bonchev–Trinajstić information content (AvgIpc) is 2.42. The van der Waals surface area contributed by atoms with Crippen molar-refractivity contribution in [3.8, 4) is 5.88 Å². The summed E-state index contributed by atoms with van der Waals surface area (Å²) < 4.78 is 5.70. The number of rotatable bonds is 6. The normalized spacial score (nSPS) is 10.8. The number of nitrogens with one attached hydrogen (secondary N) is 1. The maximum atomic E-state index is 5.70. The van der Waals surface area contributed by atoms with E-state index in [1.165, 1.54) is 5.56 Å². The summed E-state index contributed by atoms with van der Waals surface area (Å²) in [6.45, 7) is 7.49. The van der Waals surface area contributed by atoms with E-state index in [4.69, 9.17) is 4.74 Å². The molecule has 0 aliphatic carbocycles. The molecule has 4 heteroatoms. The SMILES string of the molecule is Cc1ccc(CNCc2cccnc2OC(C)C)nc1. The number of hydrogen-bond acceptors (Lipinski definition) is 4. The van der Waals surface area contributed by atoms with Gasteiger partial charge < -0.3 is 10.1 Å². The van der Waals surface area contributed by atoms with E-state index in [-0.39, 0.29) is 6.10 Å². The topological polar surface area (TPSA) is 47.0 Å². The Morgan fingerprint density at radius 3 is 2.70 bits per heavy atom. The van der Waals surface area contributed by atoms with E-state index < -0.39 is 0 Å². The molecule has 2 heterocycles. The minimum absolute atomic E-state index is 0.127. The zero-order valence-corrected chi connectivity index (χ0v) is 12.3. The molecule has 0 unspecified atom stereocenters. The third kappa shape index (κ3) is 4.31. The molecule has 0 amide bonds. The highest BCUT2D eigenvalue weighted by molar-refractivity contribution is 5.25. The fraction of sp³-hybridized carbons (Fsp3) is 0.375. The van der Waals surface area contributed by atoms with Crippen LogP contribution in [0.4, 0.5) is 0 Å². The zero-order valence-electron chi connectivity index (χ0n) is 12.3. The number of ether oxygens (including phenoxy) is 1. The number of pyridine rings is 2. The fourth-order valence-corrected chi connectivity index (χ4v) is 1.82. The minimum Gasteiger partial charge on any atom is -0.475 e. The van der Waals surface area contributed by atoms with Gasteiger partial charge in [0.1, 0.15) is 0 Å². The standard InChI is InChI=1S/C16H21N3O/c1-12(2)20-16-14(5-4-8-18-16)10-17-11-15-7-6-13(3)9-19-15/h4-9,12,17H,10-11H2,1-3H3. The van der Waals surface area contributed by atoms with E-state index in [1.54, 1.807) is 6.20 Å². The van der Waals surface area contributed by atoms with Crippen molar-refractivity contribution in [2.24, 2.45) is 0 Å². The first-order valence-corrected chi connectivity index (χ1v) is 6.88. The summed E-state index contributed by atoms with van der Waals surface area (Å²) in [4.78, 5) is 8.65. The van der Waals surface area contributed by atoms with Crippen LogP contribution in [0.15, 0.2) is 36.7 Å². The van der Waals surface area contributed by atoms with Gasteiger partial charge in [-0.25, -0.2) is 4.98 Å². The van der Waals surface area contributed by atoms with Gasteiger partial charge in [0.25, 0.3) is 0 Å². The lowest BCUT2D eigenvalue weighted by Crippen LogP contribution is -2.16. The predicted octanol–water partition coefficient (Wildman–Crippen LogP) is 2.86. The molecule has 0 bridgehead atoms. The van der Waals surface area contributed by atoms with E-state index in [0.29, 0.717) is 12.4 Å². The van der Waals surface area contributed by atoms with Gasteiger partial charge in [0.2, 0.25) is 5.88 Å². The van der Waals surface area contributed by atoms with Crippen molar-refractivity contribution in [2.45, 2.75) is 40.0 Å². The number of hydrogen-bond donors (Lipinski definition) is 1. The largest absolute Gasteiger partial charge is 0.475 e. The maximum absolute atomic E-state index is 5.70. The Kier molecular flexibility index (Phi) is 5.07. The van der Waals surface area contributed by atoms with Crippen LogP contribution in [0.5, 0.6) is 5.88 Å². The molecule has 106 valence electrons. The fourth-order valence-electron chi connectivity index (χ4n) is 1.82. The number of aromatic nitrogens is 2. The molecule has 0 fully saturated rings. The summed E-state index contributed by atoms with van der Waals surface area (Å²) in [5.74, 6) is 0.701. The van der Waals surface area contributed by atoms with Gasteiger partial charge in [-0.1, -0.05) is 12.1 Å². The van der Waals surface area contributed by atoms with Crippen LogP contribution >= 0.6 is 0 Å². The van der Waals surface area contributed by atoms with Crippen LogP contribution in [-0.2, 0) is 13.1 Å². The van der Waals surface area contributed by atoms with Crippen LogP contribution < -0.4 is 10.1 Å². The molecular formula is C16H21N3O. The van der Waals surface area contributed by atoms with Crippen LogP contribution in [0, 0.1) is 6.92 Å². The molecule has 2 aromatic heterocycles. The van der Waals surface area contributed by atoms with Crippen molar-refractivity contribution in [2.75, 3.05) is 0 Å². The second-order valence-corrected chi connectivity index (χ2v) is 5.06. The maximum Gasteiger partial charge on any atom is 0.218 e. The molecule has 0 aromatic carbocycles. The van der Waals surface area contributed by atoms with Crippen molar-refractivity contribution in [1.29, 1.82) is 0 Å². The molecule has 0 saturated heterocycles. The number of aryl methyl sites for hydroxylation is 1. The monoisotopic (exact) mass is 271 g/mol. The molecule has 0 spiro atoms. The summed E-state index contributed by atoms with van der Waals surface area (Å²) in [5, 5.41) is 3.37. The first kappa shape index (κ1) is 14.5. The van der Waals surface area contributed by atoms with Crippen LogP contribution in [0.1, 0.15) is 30.7 Å². The third-order valence-electron chi connectivity index (χ3n) is 2.79. The van der Waals surface area contributed by atoms with Gasteiger partial charge in [-0.2, -0.15) is 0 Å². The lowest BCUT2D eigenvalue weighted by molar-refractivity contribution is 0.229. The highest BCUT2D eigenvalue weighted by atomic mass is 16.5. The van der Waals surface area contributed by atoms with Crippen LogP contribution in [0.25, 0.3) is 0 Å². The first-order chi connectivity index (χ1) is 9.65. The van der Waals surface area contributed by atoms with Gasteiger partial charge >= 0.3 is 0 Å². The summed E-state index contributed by atoms with van der Waals surface area (Å²) >= 11 is 0. The first-order valence-electron chi connectivity index (χ1n) is 6.88. The molecule has 0 radical (unpaired) electrons. The van der Waals surface area contributed by atoms with Gasteiger partial charge in [-0.3, -0.25) is 4.98 Å². The molecule has 2 aromatic rings.